The molecule has 118 valence electrons. The molecule has 0 aromatic carbocycles. The van der Waals surface area contributed by atoms with E-state index in [1.165, 1.54) is 7.11 Å². The van der Waals surface area contributed by atoms with Crippen LogP contribution in [0.5, 0.6) is 0 Å². The number of ether oxygens (including phenoxy) is 1. The van der Waals surface area contributed by atoms with Gasteiger partial charge in [-0.1, -0.05) is 20.8 Å². The largest absolute Gasteiger partial charge is 0.466 e. The van der Waals surface area contributed by atoms with E-state index in [4.69, 9.17) is 14.5 Å². The van der Waals surface area contributed by atoms with Gasteiger partial charge in [0.2, 0.25) is 0 Å². The Balaban J connectivity index is 2.09. The van der Waals surface area contributed by atoms with Gasteiger partial charge in [0, 0.05) is 5.41 Å². The fourth-order valence-corrected chi connectivity index (χ4v) is 4.67. The third-order valence-electron chi connectivity index (χ3n) is 5.79. The number of hydrogen-bond donors (Lipinski definition) is 1. The standard InChI is InChI=1S/C16H24O5/c1-9(2)11-5-6-15(3)8-12-10(14(18)19-4)7-13(17)16(11,15)21-20-12/h7,9,11-13,17H,5-6,8H2,1-4H3. The monoisotopic (exact) mass is 296 g/mol. The van der Waals surface area contributed by atoms with Gasteiger partial charge in [-0.25, -0.2) is 14.6 Å². The molecule has 0 aromatic heterocycles. The predicted octanol–water partition coefficient (Wildman–Crippen LogP) is 1.99. The van der Waals surface area contributed by atoms with Gasteiger partial charge >= 0.3 is 5.97 Å². The lowest BCUT2D eigenvalue weighted by atomic mass is 9.65. The Morgan fingerprint density at radius 3 is 2.86 bits per heavy atom. The van der Waals surface area contributed by atoms with Crippen LogP contribution in [0.4, 0.5) is 0 Å². The highest BCUT2D eigenvalue weighted by molar-refractivity contribution is 5.89. The van der Waals surface area contributed by atoms with Crippen molar-refractivity contribution >= 4 is 5.97 Å². The van der Waals surface area contributed by atoms with Crippen LogP contribution in [0.1, 0.15) is 40.0 Å². The number of esters is 1. The fourth-order valence-electron chi connectivity index (χ4n) is 4.67. The van der Waals surface area contributed by atoms with Gasteiger partial charge in [0.25, 0.3) is 0 Å². The summed E-state index contributed by atoms with van der Waals surface area (Å²) in [4.78, 5) is 23.3. The fraction of sp³-hybridized carbons (Fsp3) is 0.812. The Kier molecular flexibility index (Phi) is 3.43. The summed E-state index contributed by atoms with van der Waals surface area (Å²) in [6.45, 7) is 6.43. The highest BCUT2D eigenvalue weighted by Gasteiger charge is 2.68. The second kappa shape index (κ2) is 4.80. The molecule has 1 saturated heterocycles. The van der Waals surface area contributed by atoms with Crippen molar-refractivity contribution in [1.29, 1.82) is 0 Å². The first-order chi connectivity index (χ1) is 9.85. The van der Waals surface area contributed by atoms with E-state index in [0.717, 1.165) is 12.8 Å². The molecule has 21 heavy (non-hydrogen) atoms. The third-order valence-corrected chi connectivity index (χ3v) is 5.79. The molecule has 0 aromatic rings. The summed E-state index contributed by atoms with van der Waals surface area (Å²) >= 11 is 0. The van der Waals surface area contributed by atoms with Crippen molar-refractivity contribution in [3.05, 3.63) is 11.6 Å². The normalized spacial score (nSPS) is 45.2. The van der Waals surface area contributed by atoms with Crippen LogP contribution in [0.15, 0.2) is 11.6 Å². The predicted molar refractivity (Wildman–Crippen MR) is 75.1 cm³/mol. The van der Waals surface area contributed by atoms with E-state index in [1.807, 2.05) is 0 Å². The maximum absolute atomic E-state index is 12.0. The van der Waals surface area contributed by atoms with E-state index in [2.05, 4.69) is 20.8 Å². The average Bonchev–Trinajstić information content (AvgIpc) is 2.64. The molecule has 2 aliphatic heterocycles. The van der Waals surface area contributed by atoms with Crippen LogP contribution >= 0.6 is 0 Å². The smallest absolute Gasteiger partial charge is 0.336 e. The van der Waals surface area contributed by atoms with Gasteiger partial charge in [-0.05, 0) is 37.2 Å². The van der Waals surface area contributed by atoms with E-state index in [-0.39, 0.29) is 11.3 Å². The highest BCUT2D eigenvalue weighted by atomic mass is 17.2. The first kappa shape index (κ1) is 15.0. The molecule has 2 heterocycles. The third kappa shape index (κ3) is 1.84. The van der Waals surface area contributed by atoms with Gasteiger partial charge in [-0.15, -0.1) is 0 Å². The van der Waals surface area contributed by atoms with Gasteiger partial charge in [0.05, 0.1) is 12.7 Å². The summed E-state index contributed by atoms with van der Waals surface area (Å²) in [5.41, 5.74) is -0.593. The molecule has 4 aliphatic rings. The van der Waals surface area contributed by atoms with Crippen molar-refractivity contribution in [3.8, 4) is 0 Å². The first-order valence-corrected chi connectivity index (χ1v) is 7.68. The Hall–Kier alpha value is -0.910. The molecule has 5 atom stereocenters. The molecule has 1 saturated carbocycles. The van der Waals surface area contributed by atoms with E-state index in [1.54, 1.807) is 6.08 Å². The SMILES string of the molecule is COC(=O)C1=CC(O)C23OOC1CC2(C)CCC3C(C)C. The molecule has 0 radical (unpaired) electrons. The van der Waals surface area contributed by atoms with Gasteiger partial charge in [-0.3, -0.25) is 0 Å². The maximum atomic E-state index is 12.0. The zero-order chi connectivity index (χ0) is 15.4. The number of rotatable bonds is 2. The van der Waals surface area contributed by atoms with Crippen molar-refractivity contribution < 1.29 is 24.4 Å². The lowest BCUT2D eigenvalue weighted by molar-refractivity contribution is -0.445. The minimum Gasteiger partial charge on any atom is -0.466 e. The molecule has 0 amide bonds. The van der Waals surface area contributed by atoms with Crippen molar-refractivity contribution in [1.82, 2.24) is 0 Å². The number of carbonyl (C=O) groups is 1. The van der Waals surface area contributed by atoms with Crippen LogP contribution in [0.2, 0.25) is 0 Å². The Bertz CT molecular complexity index is 485. The second-order valence-corrected chi connectivity index (χ2v) is 7.17. The zero-order valence-corrected chi connectivity index (χ0v) is 13.1. The number of aliphatic hydroxyl groups is 1. The second-order valence-electron chi connectivity index (χ2n) is 7.17. The number of hydrogen-bond acceptors (Lipinski definition) is 5. The van der Waals surface area contributed by atoms with Crippen molar-refractivity contribution in [3.63, 3.8) is 0 Å². The molecule has 5 heteroatoms. The van der Waals surface area contributed by atoms with E-state index in [9.17, 15) is 9.90 Å². The molecule has 2 bridgehead atoms. The van der Waals surface area contributed by atoms with Gasteiger partial charge in [-0.2, -0.15) is 0 Å². The van der Waals surface area contributed by atoms with Crippen LogP contribution in [-0.4, -0.2) is 36.0 Å². The Morgan fingerprint density at radius 1 is 1.52 bits per heavy atom. The number of methoxy groups -OCH3 is 1. The first-order valence-electron chi connectivity index (χ1n) is 7.68. The van der Waals surface area contributed by atoms with Gasteiger partial charge in [0.15, 0.2) is 0 Å². The Labute approximate surface area is 125 Å². The molecule has 4 rings (SSSR count). The van der Waals surface area contributed by atoms with Crippen LogP contribution in [0.25, 0.3) is 0 Å². The van der Waals surface area contributed by atoms with Crippen LogP contribution in [-0.2, 0) is 19.3 Å². The van der Waals surface area contributed by atoms with Gasteiger partial charge in [0.1, 0.15) is 17.8 Å². The molecule has 1 N–H and O–H groups in total. The Morgan fingerprint density at radius 2 is 2.24 bits per heavy atom. The van der Waals surface area contributed by atoms with Crippen molar-refractivity contribution in [2.45, 2.75) is 57.8 Å². The summed E-state index contributed by atoms with van der Waals surface area (Å²) < 4.78 is 4.82. The molecule has 1 spiro atoms. The molecule has 2 aliphatic carbocycles. The summed E-state index contributed by atoms with van der Waals surface area (Å²) in [5.74, 6) is 0.116. The highest BCUT2D eigenvalue weighted by Crippen LogP contribution is 2.62. The summed E-state index contributed by atoms with van der Waals surface area (Å²) in [6, 6.07) is 0. The quantitative estimate of drug-likeness (QED) is 0.623. The topological polar surface area (TPSA) is 65.0 Å². The lowest BCUT2D eigenvalue weighted by Crippen LogP contribution is -2.60. The molecule has 2 fully saturated rings. The minimum absolute atomic E-state index is 0.198. The van der Waals surface area contributed by atoms with Crippen LogP contribution in [0.3, 0.4) is 0 Å². The maximum Gasteiger partial charge on any atom is 0.336 e. The van der Waals surface area contributed by atoms with Crippen molar-refractivity contribution in [2.75, 3.05) is 7.11 Å². The molecular formula is C16H24O5. The van der Waals surface area contributed by atoms with Gasteiger partial charge < -0.3 is 9.84 Å². The average molecular weight is 296 g/mol. The number of fused-ring (bicyclic) bond motifs is 2. The van der Waals surface area contributed by atoms with E-state index >= 15 is 0 Å². The van der Waals surface area contributed by atoms with Crippen LogP contribution < -0.4 is 0 Å². The molecular weight excluding hydrogens is 272 g/mol. The summed E-state index contributed by atoms with van der Waals surface area (Å²) in [5, 5.41) is 10.8. The molecule has 5 unspecified atom stereocenters. The summed E-state index contributed by atoms with van der Waals surface area (Å²) in [7, 11) is 1.34. The van der Waals surface area contributed by atoms with Crippen molar-refractivity contribution in [2.24, 2.45) is 17.3 Å². The van der Waals surface area contributed by atoms with Crippen LogP contribution in [0, 0.1) is 17.3 Å². The molecule has 5 nitrogen and oxygen atoms in total. The summed E-state index contributed by atoms with van der Waals surface area (Å²) in [6.07, 6.45) is 2.92. The van der Waals surface area contributed by atoms with E-state index < -0.39 is 23.8 Å². The number of carbonyl (C=O) groups excluding carboxylic acids is 1. The minimum atomic E-state index is -0.862. The number of aliphatic hydroxyl groups excluding tert-OH is 1. The lowest BCUT2D eigenvalue weighted by Gasteiger charge is -2.51. The van der Waals surface area contributed by atoms with E-state index in [0.29, 0.717) is 17.9 Å². The zero-order valence-electron chi connectivity index (χ0n) is 13.1.